The summed E-state index contributed by atoms with van der Waals surface area (Å²) in [5.41, 5.74) is 0. The summed E-state index contributed by atoms with van der Waals surface area (Å²) < 4.78 is 4.24. The van der Waals surface area contributed by atoms with Crippen molar-refractivity contribution >= 4 is 30.7 Å². The van der Waals surface area contributed by atoms with E-state index in [9.17, 15) is 4.79 Å². The van der Waals surface area contributed by atoms with E-state index in [0.717, 1.165) is 19.3 Å². The number of rotatable bonds is 17. The van der Waals surface area contributed by atoms with Crippen molar-refractivity contribution in [3.8, 4) is 0 Å². The van der Waals surface area contributed by atoms with Gasteiger partial charge in [-0.15, -0.1) is 0 Å². The van der Waals surface area contributed by atoms with Crippen molar-refractivity contribution in [3.05, 3.63) is 0 Å². The first-order valence-electron chi connectivity index (χ1n) is 9.72. The third kappa shape index (κ3) is 22.0. The molecule has 0 radical (unpaired) electrons. The first-order chi connectivity index (χ1) is 11.2. The molecule has 4 nitrogen and oxygen atoms in total. The second-order valence-corrected chi connectivity index (χ2v) is 6.52. The molecule has 0 aliphatic carbocycles. The Morgan fingerprint density at radius 2 is 1.04 bits per heavy atom. The lowest BCUT2D eigenvalue weighted by atomic mass is 10.0. The van der Waals surface area contributed by atoms with Gasteiger partial charge in [0, 0.05) is 6.42 Å². The van der Waals surface area contributed by atoms with E-state index in [4.69, 9.17) is 10.0 Å². The van der Waals surface area contributed by atoms with Crippen LogP contribution in [0, 0.1) is 0 Å². The molecule has 0 saturated heterocycles. The molecule has 0 bridgehead atoms. The summed E-state index contributed by atoms with van der Waals surface area (Å²) in [6.07, 6.45) is 19.5. The van der Waals surface area contributed by atoms with E-state index in [-0.39, 0.29) is 23.8 Å². The minimum absolute atomic E-state index is 0. The van der Waals surface area contributed by atoms with Crippen LogP contribution in [0.1, 0.15) is 110 Å². The molecule has 0 rings (SSSR count). The van der Waals surface area contributed by atoms with E-state index in [1.807, 2.05) is 0 Å². The summed E-state index contributed by atoms with van der Waals surface area (Å²) in [6.45, 7) is 2.26. The number of unbranched alkanes of at least 4 members (excludes halogenated alkanes) is 14. The Hall–Kier alpha value is -0.0126. The van der Waals surface area contributed by atoms with E-state index < -0.39 is 13.3 Å². The number of carbonyl (C=O) groups excluding carboxylic acids is 1. The molecule has 0 aromatic carbocycles. The van der Waals surface area contributed by atoms with Crippen LogP contribution < -0.4 is 0 Å². The standard InChI is InChI=1S/C18H37BO4.Al.3H/c1-2-3-4-5-6-7-8-9-10-11-12-13-14-15-16-17-18(20)23-19(21)22;;;;/h21-22H,2-17H2,1H3;;;;. The van der Waals surface area contributed by atoms with Gasteiger partial charge in [0.15, 0.2) is 17.4 Å². The minimum Gasteiger partial charge on any atom is -0.485 e. The predicted octanol–water partition coefficient (Wildman–Crippen LogP) is 3.58. The molecular weight excluding hydrogens is 318 g/mol. The van der Waals surface area contributed by atoms with Crippen LogP contribution in [0.5, 0.6) is 0 Å². The van der Waals surface area contributed by atoms with Gasteiger partial charge >= 0.3 is 7.32 Å². The van der Waals surface area contributed by atoms with Gasteiger partial charge in [-0.3, -0.25) is 4.79 Å². The second kappa shape index (κ2) is 21.0. The summed E-state index contributed by atoms with van der Waals surface area (Å²) in [7, 11) is -1.97. The van der Waals surface area contributed by atoms with Gasteiger partial charge in [0.1, 0.15) is 0 Å². The van der Waals surface area contributed by atoms with E-state index in [1.165, 1.54) is 77.0 Å². The normalized spacial score (nSPS) is 10.3. The van der Waals surface area contributed by atoms with Gasteiger partial charge in [-0.05, 0) is 6.42 Å². The maximum absolute atomic E-state index is 11.0. The van der Waals surface area contributed by atoms with Crippen LogP contribution in [-0.4, -0.2) is 40.7 Å². The fourth-order valence-electron chi connectivity index (χ4n) is 2.82. The van der Waals surface area contributed by atoms with Crippen LogP contribution in [0.3, 0.4) is 0 Å². The Balaban J connectivity index is 0. The number of hydrogen-bond donors (Lipinski definition) is 2. The molecular formula is C18H40AlBO4. The third-order valence-electron chi connectivity index (χ3n) is 4.22. The number of hydrogen-bond acceptors (Lipinski definition) is 4. The van der Waals surface area contributed by atoms with Crippen molar-refractivity contribution in [2.45, 2.75) is 110 Å². The highest BCUT2D eigenvalue weighted by Gasteiger charge is 2.14. The topological polar surface area (TPSA) is 66.8 Å². The zero-order valence-corrected chi connectivity index (χ0v) is 15.1. The predicted molar refractivity (Wildman–Crippen MR) is 106 cm³/mol. The average molecular weight is 358 g/mol. The van der Waals surface area contributed by atoms with Crippen LogP contribution in [0.15, 0.2) is 0 Å². The summed E-state index contributed by atoms with van der Waals surface area (Å²) in [5.74, 6) is -0.533. The molecule has 0 fully saturated rings. The lowest BCUT2D eigenvalue weighted by Crippen LogP contribution is -2.21. The zero-order chi connectivity index (χ0) is 17.2. The Morgan fingerprint density at radius 3 is 1.38 bits per heavy atom. The molecule has 0 aliphatic rings. The van der Waals surface area contributed by atoms with Gasteiger partial charge in [-0.2, -0.15) is 0 Å². The Labute approximate surface area is 160 Å². The Bertz CT molecular complexity index is 265. The molecule has 0 spiro atoms. The molecule has 0 aliphatic heterocycles. The quantitative estimate of drug-likeness (QED) is 0.308. The molecule has 0 aromatic heterocycles. The summed E-state index contributed by atoms with van der Waals surface area (Å²) in [6, 6.07) is 0. The average Bonchev–Trinajstić information content (AvgIpc) is 2.50. The van der Waals surface area contributed by atoms with Crippen LogP contribution in [0.4, 0.5) is 0 Å². The van der Waals surface area contributed by atoms with E-state index in [0.29, 0.717) is 0 Å². The maximum atomic E-state index is 11.0. The van der Waals surface area contributed by atoms with Crippen molar-refractivity contribution in [2.24, 2.45) is 0 Å². The molecule has 0 atom stereocenters. The van der Waals surface area contributed by atoms with E-state index in [2.05, 4.69) is 11.6 Å². The van der Waals surface area contributed by atoms with Crippen molar-refractivity contribution in [2.75, 3.05) is 0 Å². The van der Waals surface area contributed by atoms with Crippen molar-refractivity contribution < 1.29 is 19.5 Å². The third-order valence-corrected chi connectivity index (χ3v) is 4.22. The molecule has 0 saturated carbocycles. The minimum atomic E-state index is -1.97. The molecule has 2 N–H and O–H groups in total. The van der Waals surface area contributed by atoms with Crippen LogP contribution in [0.25, 0.3) is 0 Å². The SMILES string of the molecule is CCCCCCCCCCCCCCCCCC(=O)OB(O)O.[AlH3]. The molecule has 24 heavy (non-hydrogen) atoms. The highest BCUT2D eigenvalue weighted by molar-refractivity contribution is 6.35. The lowest BCUT2D eigenvalue weighted by Gasteiger charge is -2.04. The second-order valence-electron chi connectivity index (χ2n) is 6.52. The van der Waals surface area contributed by atoms with Gasteiger partial charge in [-0.25, -0.2) is 0 Å². The van der Waals surface area contributed by atoms with Crippen molar-refractivity contribution in [3.63, 3.8) is 0 Å². The van der Waals surface area contributed by atoms with Crippen molar-refractivity contribution in [1.29, 1.82) is 0 Å². The fourth-order valence-corrected chi connectivity index (χ4v) is 2.82. The highest BCUT2D eigenvalue weighted by atomic mass is 27.0. The molecule has 0 heterocycles. The maximum Gasteiger partial charge on any atom is 0.709 e. The van der Waals surface area contributed by atoms with Crippen molar-refractivity contribution in [1.82, 2.24) is 0 Å². The van der Waals surface area contributed by atoms with Gasteiger partial charge in [0.2, 0.25) is 0 Å². The summed E-state index contributed by atoms with van der Waals surface area (Å²) >= 11 is 0. The largest absolute Gasteiger partial charge is 0.709 e. The monoisotopic (exact) mass is 358 g/mol. The van der Waals surface area contributed by atoms with Gasteiger partial charge in [0.25, 0.3) is 5.97 Å². The smallest absolute Gasteiger partial charge is 0.485 e. The van der Waals surface area contributed by atoms with Crippen LogP contribution in [0.2, 0.25) is 0 Å². The molecule has 6 heteroatoms. The first kappa shape index (κ1) is 26.2. The van der Waals surface area contributed by atoms with Gasteiger partial charge in [-0.1, -0.05) is 96.8 Å². The van der Waals surface area contributed by atoms with Crippen LogP contribution >= 0.6 is 0 Å². The fraction of sp³-hybridized carbons (Fsp3) is 0.944. The van der Waals surface area contributed by atoms with E-state index >= 15 is 0 Å². The van der Waals surface area contributed by atoms with Crippen LogP contribution in [-0.2, 0) is 9.45 Å². The molecule has 0 unspecified atom stereocenters. The lowest BCUT2D eigenvalue weighted by molar-refractivity contribution is -0.137. The van der Waals surface area contributed by atoms with Gasteiger partial charge in [0.05, 0.1) is 0 Å². The summed E-state index contributed by atoms with van der Waals surface area (Å²) in [4.78, 5) is 11.0. The molecule has 142 valence electrons. The number of carbonyl (C=O) groups is 1. The molecule has 0 amide bonds. The Morgan fingerprint density at radius 1 is 0.708 bits per heavy atom. The zero-order valence-electron chi connectivity index (χ0n) is 15.1. The highest BCUT2D eigenvalue weighted by Crippen LogP contribution is 2.13. The molecule has 0 aromatic rings. The Kier molecular flexibility index (Phi) is 23.0. The summed E-state index contributed by atoms with van der Waals surface area (Å²) in [5, 5.41) is 16.9. The van der Waals surface area contributed by atoms with E-state index in [1.54, 1.807) is 0 Å². The first-order valence-corrected chi connectivity index (χ1v) is 9.72. The van der Waals surface area contributed by atoms with Gasteiger partial charge < -0.3 is 14.7 Å².